The van der Waals surface area contributed by atoms with E-state index in [-0.39, 0.29) is 0 Å². The van der Waals surface area contributed by atoms with Crippen LogP contribution >= 0.6 is 23.4 Å². The summed E-state index contributed by atoms with van der Waals surface area (Å²) in [5.41, 5.74) is 0.443. The van der Waals surface area contributed by atoms with Gasteiger partial charge in [0.1, 0.15) is 16.9 Å². The predicted molar refractivity (Wildman–Crippen MR) is 70.0 cm³/mol. The molecule has 0 saturated heterocycles. The summed E-state index contributed by atoms with van der Waals surface area (Å²) in [7, 11) is 0. The molecule has 1 heterocycles. The topological polar surface area (TPSA) is 48.7 Å². The summed E-state index contributed by atoms with van der Waals surface area (Å²) >= 11 is 7.75. The maximum Gasteiger partial charge on any atom is 0.146 e. The van der Waals surface area contributed by atoms with Gasteiger partial charge >= 0.3 is 0 Å². The highest BCUT2D eigenvalue weighted by molar-refractivity contribution is 7.99. The summed E-state index contributed by atoms with van der Waals surface area (Å²) in [6.45, 7) is 4.41. The van der Waals surface area contributed by atoms with E-state index in [4.69, 9.17) is 16.9 Å². The van der Waals surface area contributed by atoms with Crippen molar-refractivity contribution in [2.45, 2.75) is 0 Å². The van der Waals surface area contributed by atoms with Gasteiger partial charge in [0.05, 0.1) is 5.56 Å². The van der Waals surface area contributed by atoms with Gasteiger partial charge in [0.25, 0.3) is 0 Å². The second kappa shape index (κ2) is 7.15. The minimum atomic E-state index is 0.388. The van der Waals surface area contributed by atoms with E-state index in [2.05, 4.69) is 16.9 Å². The summed E-state index contributed by atoms with van der Waals surface area (Å²) in [5.74, 6) is 2.45. The van der Waals surface area contributed by atoms with Crippen LogP contribution in [0.15, 0.2) is 24.9 Å². The van der Waals surface area contributed by atoms with Gasteiger partial charge in [-0.05, 0) is 6.07 Å². The van der Waals surface area contributed by atoms with Gasteiger partial charge in [-0.1, -0.05) is 17.7 Å². The summed E-state index contributed by atoms with van der Waals surface area (Å²) < 4.78 is 0. The molecule has 0 saturated carbocycles. The zero-order chi connectivity index (χ0) is 11.8. The molecule has 1 aromatic heterocycles. The van der Waals surface area contributed by atoms with Crippen molar-refractivity contribution < 1.29 is 0 Å². The molecule has 3 nitrogen and oxygen atoms in total. The molecule has 0 atom stereocenters. The van der Waals surface area contributed by atoms with Crippen molar-refractivity contribution >= 4 is 29.2 Å². The molecule has 0 unspecified atom stereocenters. The lowest BCUT2D eigenvalue weighted by atomic mass is 10.3. The number of nitriles is 1. The molecule has 16 heavy (non-hydrogen) atoms. The Balaban J connectivity index is 2.48. The van der Waals surface area contributed by atoms with E-state index in [9.17, 15) is 0 Å². The van der Waals surface area contributed by atoms with E-state index in [0.29, 0.717) is 16.4 Å². The van der Waals surface area contributed by atoms with Crippen LogP contribution in [0, 0.1) is 11.3 Å². The van der Waals surface area contributed by atoms with Gasteiger partial charge in [0, 0.05) is 24.2 Å². The Morgan fingerprint density at radius 1 is 1.69 bits per heavy atom. The molecule has 1 N–H and O–H groups in total. The molecule has 0 aliphatic heterocycles. The number of anilines is 1. The van der Waals surface area contributed by atoms with Crippen molar-refractivity contribution in [3.05, 3.63) is 35.5 Å². The quantitative estimate of drug-likeness (QED) is 0.626. The predicted octanol–water partition coefficient (Wildman–Crippen LogP) is 2.94. The number of halogens is 1. The molecule has 0 aliphatic rings. The lowest BCUT2D eigenvalue weighted by Gasteiger charge is -2.07. The Kier molecular flexibility index (Phi) is 5.76. The molecule has 5 heteroatoms. The van der Waals surface area contributed by atoms with Crippen molar-refractivity contribution in [3.8, 4) is 6.07 Å². The van der Waals surface area contributed by atoms with Crippen molar-refractivity contribution in [1.82, 2.24) is 4.98 Å². The first-order valence-corrected chi connectivity index (χ1v) is 6.30. The first-order chi connectivity index (χ1) is 7.79. The van der Waals surface area contributed by atoms with Crippen LogP contribution < -0.4 is 5.32 Å². The number of aromatic nitrogens is 1. The normalized spacial score (nSPS) is 9.50. The van der Waals surface area contributed by atoms with E-state index in [1.165, 1.54) is 0 Å². The van der Waals surface area contributed by atoms with E-state index in [0.717, 1.165) is 18.1 Å². The highest BCUT2D eigenvalue weighted by Gasteiger charge is 2.05. The monoisotopic (exact) mass is 253 g/mol. The van der Waals surface area contributed by atoms with E-state index >= 15 is 0 Å². The Bertz CT molecular complexity index is 401. The first-order valence-electron chi connectivity index (χ1n) is 4.76. The molecule has 0 radical (unpaired) electrons. The standard InChI is InChI=1S/C11H12ClN3S/c1-2-6-16-7-5-15-11-10(12)9(8-13)3-4-14-11/h2-4H,1,5-7H2,(H,14,15). The lowest BCUT2D eigenvalue weighted by molar-refractivity contribution is 1.17. The van der Waals surface area contributed by atoms with E-state index in [1.807, 2.05) is 12.1 Å². The van der Waals surface area contributed by atoms with Gasteiger partial charge in [-0.15, -0.1) is 6.58 Å². The van der Waals surface area contributed by atoms with Gasteiger partial charge in [0.2, 0.25) is 0 Å². The zero-order valence-corrected chi connectivity index (χ0v) is 10.3. The molecule has 0 amide bonds. The van der Waals surface area contributed by atoms with Crippen LogP contribution in [0.25, 0.3) is 0 Å². The second-order valence-corrected chi connectivity index (χ2v) is 4.45. The minimum Gasteiger partial charge on any atom is -0.368 e. The summed E-state index contributed by atoms with van der Waals surface area (Å²) in [6, 6.07) is 3.61. The van der Waals surface area contributed by atoms with Crippen molar-refractivity contribution in [3.63, 3.8) is 0 Å². The van der Waals surface area contributed by atoms with Gasteiger partial charge in [-0.2, -0.15) is 17.0 Å². The Labute approximate surface area is 105 Å². The number of pyridine rings is 1. The Morgan fingerprint density at radius 3 is 3.19 bits per heavy atom. The van der Waals surface area contributed by atoms with Crippen molar-refractivity contribution in [2.75, 3.05) is 23.4 Å². The third kappa shape index (κ3) is 3.76. The maximum atomic E-state index is 8.78. The molecule has 1 aromatic rings. The number of rotatable bonds is 6. The lowest BCUT2D eigenvalue weighted by Crippen LogP contribution is -2.06. The van der Waals surface area contributed by atoms with Crippen LogP contribution in [0.1, 0.15) is 5.56 Å². The molecule has 0 spiro atoms. The number of nitrogens with one attached hydrogen (secondary N) is 1. The molecular formula is C11H12ClN3S. The fourth-order valence-corrected chi connectivity index (χ4v) is 1.86. The van der Waals surface area contributed by atoms with E-state index in [1.54, 1.807) is 24.0 Å². The largest absolute Gasteiger partial charge is 0.368 e. The van der Waals surface area contributed by atoms with Gasteiger partial charge in [-0.3, -0.25) is 0 Å². The third-order valence-corrected chi connectivity index (χ3v) is 3.13. The summed E-state index contributed by atoms with van der Waals surface area (Å²) in [4.78, 5) is 4.08. The van der Waals surface area contributed by atoms with Crippen LogP contribution in [0.4, 0.5) is 5.82 Å². The smallest absolute Gasteiger partial charge is 0.146 e. The van der Waals surface area contributed by atoms with Crippen LogP contribution in [0.5, 0.6) is 0 Å². The van der Waals surface area contributed by atoms with Crippen molar-refractivity contribution in [1.29, 1.82) is 5.26 Å². The van der Waals surface area contributed by atoms with Crippen LogP contribution in [0.2, 0.25) is 5.02 Å². The van der Waals surface area contributed by atoms with Crippen LogP contribution in [0.3, 0.4) is 0 Å². The number of thioether (sulfide) groups is 1. The fourth-order valence-electron chi connectivity index (χ4n) is 1.06. The number of hydrogen-bond donors (Lipinski definition) is 1. The number of nitrogens with zero attached hydrogens (tertiary/aromatic N) is 2. The SMILES string of the molecule is C=CCSCCNc1nccc(C#N)c1Cl. The minimum absolute atomic E-state index is 0.388. The van der Waals surface area contributed by atoms with E-state index < -0.39 is 0 Å². The second-order valence-electron chi connectivity index (χ2n) is 2.92. The van der Waals surface area contributed by atoms with Crippen LogP contribution in [-0.4, -0.2) is 23.0 Å². The maximum absolute atomic E-state index is 8.78. The Morgan fingerprint density at radius 2 is 2.50 bits per heavy atom. The van der Waals surface area contributed by atoms with Gasteiger partial charge in [-0.25, -0.2) is 4.98 Å². The summed E-state index contributed by atoms with van der Waals surface area (Å²) in [6.07, 6.45) is 3.44. The molecule has 84 valence electrons. The van der Waals surface area contributed by atoms with Gasteiger partial charge < -0.3 is 5.32 Å². The molecule has 0 bridgehead atoms. The molecule has 0 aromatic carbocycles. The van der Waals surface area contributed by atoms with Gasteiger partial charge in [0.15, 0.2) is 0 Å². The molecule has 1 rings (SSSR count). The third-order valence-electron chi connectivity index (χ3n) is 1.78. The fraction of sp³-hybridized carbons (Fsp3) is 0.273. The van der Waals surface area contributed by atoms with Crippen LogP contribution in [-0.2, 0) is 0 Å². The highest BCUT2D eigenvalue weighted by atomic mass is 35.5. The molecular weight excluding hydrogens is 242 g/mol. The molecule has 0 aliphatic carbocycles. The average Bonchev–Trinajstić information content (AvgIpc) is 2.31. The van der Waals surface area contributed by atoms with Crippen molar-refractivity contribution in [2.24, 2.45) is 0 Å². The number of hydrogen-bond acceptors (Lipinski definition) is 4. The summed E-state index contributed by atoms with van der Waals surface area (Å²) in [5, 5.41) is 12.3. The first kappa shape index (κ1) is 12.9. The highest BCUT2D eigenvalue weighted by Crippen LogP contribution is 2.22. The Hall–Kier alpha value is -1.18. The molecule has 0 fully saturated rings. The average molecular weight is 254 g/mol. The zero-order valence-electron chi connectivity index (χ0n) is 8.74.